The Hall–Kier alpha value is -0.360. The summed E-state index contributed by atoms with van der Waals surface area (Å²) in [5, 5.41) is 0. The second-order valence-corrected chi connectivity index (χ2v) is 7.82. The van der Waals surface area contributed by atoms with Crippen molar-refractivity contribution in [3.8, 4) is 0 Å². The van der Waals surface area contributed by atoms with E-state index < -0.39 is 5.54 Å². The van der Waals surface area contributed by atoms with Crippen molar-refractivity contribution in [3.63, 3.8) is 0 Å². The molecule has 0 bridgehead atoms. The Kier molecular flexibility index (Phi) is 5.66. The monoisotopic (exact) mass is 346 g/mol. The molecule has 1 saturated carbocycles. The van der Waals surface area contributed by atoms with Crippen molar-refractivity contribution in [2.75, 3.05) is 33.4 Å². The lowest BCUT2D eigenvalue weighted by atomic mass is 9.46. The fourth-order valence-corrected chi connectivity index (χ4v) is 4.81. The van der Waals surface area contributed by atoms with Crippen LogP contribution in [-0.4, -0.2) is 55.9 Å². The van der Waals surface area contributed by atoms with Crippen LogP contribution in [0.25, 0.3) is 0 Å². The number of carbonyl (C=O) groups is 1. The summed E-state index contributed by atoms with van der Waals surface area (Å²) in [4.78, 5) is 15.1. The van der Waals surface area contributed by atoms with Gasteiger partial charge in [0.15, 0.2) is 0 Å². The lowest BCUT2D eigenvalue weighted by Crippen LogP contribution is -2.82. The van der Waals surface area contributed by atoms with E-state index in [9.17, 15) is 4.79 Å². The predicted molar refractivity (Wildman–Crippen MR) is 91.6 cm³/mol. The summed E-state index contributed by atoms with van der Waals surface area (Å²) in [6.45, 7) is 7.39. The van der Waals surface area contributed by atoms with E-state index in [4.69, 9.17) is 15.2 Å². The third kappa shape index (κ3) is 2.80. The van der Waals surface area contributed by atoms with Gasteiger partial charge in [-0.05, 0) is 31.6 Å². The molecule has 6 heteroatoms. The minimum Gasteiger partial charge on any atom is -0.384 e. The number of nitrogens with two attached hydrogens (primary N) is 1. The molecular weight excluding hydrogens is 316 g/mol. The molecule has 0 aromatic rings. The van der Waals surface area contributed by atoms with E-state index in [2.05, 4.69) is 13.8 Å². The zero-order valence-corrected chi connectivity index (χ0v) is 15.4. The summed E-state index contributed by atoms with van der Waals surface area (Å²) < 4.78 is 11.1. The molecule has 2 saturated heterocycles. The van der Waals surface area contributed by atoms with Crippen LogP contribution in [0.15, 0.2) is 0 Å². The molecule has 2 N–H and O–H groups in total. The van der Waals surface area contributed by atoms with Crippen molar-refractivity contribution in [1.82, 2.24) is 4.90 Å². The van der Waals surface area contributed by atoms with Gasteiger partial charge in [-0.25, -0.2) is 0 Å². The molecule has 1 amide bonds. The molecule has 3 fully saturated rings. The van der Waals surface area contributed by atoms with Gasteiger partial charge in [0.25, 0.3) is 0 Å². The first-order valence-electron chi connectivity index (χ1n) is 8.61. The Bertz CT molecular complexity index is 438. The molecule has 1 aliphatic carbocycles. The van der Waals surface area contributed by atoms with Crippen LogP contribution in [0, 0.1) is 17.3 Å². The maximum atomic E-state index is 13.2. The number of likely N-dealkylation sites (tertiary alicyclic amines) is 1. The number of rotatable bonds is 3. The Morgan fingerprint density at radius 1 is 1.30 bits per heavy atom. The number of piperidine rings is 1. The molecule has 3 rings (SSSR count). The second-order valence-electron chi connectivity index (χ2n) is 7.82. The van der Waals surface area contributed by atoms with Crippen LogP contribution in [0.4, 0.5) is 0 Å². The van der Waals surface area contributed by atoms with Gasteiger partial charge in [-0.2, -0.15) is 0 Å². The molecule has 2 aliphatic heterocycles. The summed E-state index contributed by atoms with van der Waals surface area (Å²) in [6, 6.07) is 0. The Morgan fingerprint density at radius 3 is 2.57 bits per heavy atom. The quantitative estimate of drug-likeness (QED) is 0.846. The van der Waals surface area contributed by atoms with Crippen LogP contribution in [0.3, 0.4) is 0 Å². The Labute approximate surface area is 145 Å². The van der Waals surface area contributed by atoms with Crippen molar-refractivity contribution in [3.05, 3.63) is 0 Å². The molecule has 3 aliphatic rings. The van der Waals surface area contributed by atoms with E-state index >= 15 is 0 Å². The smallest absolute Gasteiger partial charge is 0.243 e. The first-order chi connectivity index (χ1) is 10.4. The fourth-order valence-electron chi connectivity index (χ4n) is 4.81. The SMILES string of the molecule is COCC1CCN(C(=O)C2(N)C3CCCOC3C2(C)C)CC1.Cl. The summed E-state index contributed by atoms with van der Waals surface area (Å²) in [7, 11) is 1.74. The van der Waals surface area contributed by atoms with Gasteiger partial charge in [-0.3, -0.25) is 4.79 Å². The Balaban J connectivity index is 0.00000192. The Morgan fingerprint density at radius 2 is 1.96 bits per heavy atom. The molecule has 5 nitrogen and oxygen atoms in total. The highest BCUT2D eigenvalue weighted by atomic mass is 35.5. The number of fused-ring (bicyclic) bond motifs is 1. The van der Waals surface area contributed by atoms with E-state index in [-0.39, 0.29) is 35.8 Å². The van der Waals surface area contributed by atoms with Gasteiger partial charge in [-0.1, -0.05) is 13.8 Å². The maximum absolute atomic E-state index is 13.2. The summed E-state index contributed by atoms with van der Waals surface area (Å²) >= 11 is 0. The van der Waals surface area contributed by atoms with Crippen molar-refractivity contribution < 1.29 is 14.3 Å². The minimum absolute atomic E-state index is 0. The summed E-state index contributed by atoms with van der Waals surface area (Å²) in [6.07, 6.45) is 4.19. The summed E-state index contributed by atoms with van der Waals surface area (Å²) in [5.41, 5.74) is 5.67. The minimum atomic E-state index is -0.758. The third-order valence-corrected chi connectivity index (χ3v) is 6.34. The van der Waals surface area contributed by atoms with Crippen LogP contribution >= 0.6 is 12.4 Å². The molecular formula is C17H31ClN2O3. The molecule has 0 spiro atoms. The molecule has 2 heterocycles. The second kappa shape index (κ2) is 6.87. The number of hydrogen-bond donors (Lipinski definition) is 1. The average Bonchev–Trinajstić information content (AvgIpc) is 2.54. The zero-order valence-electron chi connectivity index (χ0n) is 14.5. The lowest BCUT2D eigenvalue weighted by Gasteiger charge is -2.66. The normalized spacial score (nSPS) is 36.6. The van der Waals surface area contributed by atoms with Crippen LogP contribution in [0.5, 0.6) is 0 Å². The van der Waals surface area contributed by atoms with Gasteiger partial charge < -0.3 is 20.1 Å². The van der Waals surface area contributed by atoms with Gasteiger partial charge in [0.2, 0.25) is 5.91 Å². The number of halogens is 1. The molecule has 3 atom stereocenters. The number of carbonyl (C=O) groups excluding carboxylic acids is 1. The lowest BCUT2D eigenvalue weighted by molar-refractivity contribution is -0.230. The molecule has 0 aromatic carbocycles. The van der Waals surface area contributed by atoms with Gasteiger partial charge in [0, 0.05) is 44.7 Å². The highest BCUT2D eigenvalue weighted by Crippen LogP contribution is 2.58. The van der Waals surface area contributed by atoms with Gasteiger partial charge in [0.1, 0.15) is 5.54 Å². The maximum Gasteiger partial charge on any atom is 0.243 e. The fraction of sp³-hybridized carbons (Fsp3) is 0.941. The van der Waals surface area contributed by atoms with Gasteiger partial charge >= 0.3 is 0 Å². The number of methoxy groups -OCH3 is 1. The van der Waals surface area contributed by atoms with E-state index in [0.717, 1.165) is 52.0 Å². The van der Waals surface area contributed by atoms with Crippen LogP contribution in [0.2, 0.25) is 0 Å². The predicted octanol–water partition coefficient (Wildman–Crippen LogP) is 1.83. The van der Waals surface area contributed by atoms with Crippen molar-refractivity contribution in [1.29, 1.82) is 0 Å². The van der Waals surface area contributed by atoms with E-state index in [1.165, 1.54) is 0 Å². The molecule has 134 valence electrons. The number of ether oxygens (including phenoxy) is 2. The van der Waals surface area contributed by atoms with E-state index in [1.54, 1.807) is 7.11 Å². The van der Waals surface area contributed by atoms with Crippen molar-refractivity contribution in [2.45, 2.75) is 51.2 Å². The largest absolute Gasteiger partial charge is 0.384 e. The molecule has 3 unspecified atom stereocenters. The highest BCUT2D eigenvalue weighted by Gasteiger charge is 2.70. The average molecular weight is 347 g/mol. The van der Waals surface area contributed by atoms with E-state index in [0.29, 0.717) is 5.92 Å². The van der Waals surface area contributed by atoms with Crippen LogP contribution in [-0.2, 0) is 14.3 Å². The van der Waals surface area contributed by atoms with Crippen LogP contribution in [0.1, 0.15) is 39.5 Å². The van der Waals surface area contributed by atoms with Crippen LogP contribution < -0.4 is 5.73 Å². The third-order valence-electron chi connectivity index (χ3n) is 6.34. The zero-order chi connectivity index (χ0) is 16.0. The molecule has 0 aromatic heterocycles. The first-order valence-corrected chi connectivity index (χ1v) is 8.61. The van der Waals surface area contributed by atoms with Gasteiger partial charge in [0.05, 0.1) is 6.10 Å². The number of amides is 1. The van der Waals surface area contributed by atoms with Gasteiger partial charge in [-0.15, -0.1) is 12.4 Å². The summed E-state index contributed by atoms with van der Waals surface area (Å²) in [5.74, 6) is 0.892. The first kappa shape index (κ1) is 19.0. The number of nitrogens with zero attached hydrogens (tertiary/aromatic N) is 1. The van der Waals surface area contributed by atoms with Crippen molar-refractivity contribution >= 4 is 18.3 Å². The standard InChI is InChI=1S/C17H30N2O3.ClH/c1-16(2)14-13(5-4-10-22-14)17(16,18)15(20)19-8-6-12(7-9-19)11-21-3;/h12-14H,4-11,18H2,1-3H3;1H. The van der Waals surface area contributed by atoms with E-state index in [1.807, 2.05) is 4.90 Å². The van der Waals surface area contributed by atoms with Crippen molar-refractivity contribution in [2.24, 2.45) is 23.0 Å². The topological polar surface area (TPSA) is 64.8 Å². The molecule has 0 radical (unpaired) electrons. The number of hydrogen-bond acceptors (Lipinski definition) is 4. The highest BCUT2D eigenvalue weighted by molar-refractivity contribution is 5.89. The molecule has 23 heavy (non-hydrogen) atoms.